The van der Waals surface area contributed by atoms with Crippen molar-refractivity contribution in [3.63, 3.8) is 0 Å². The van der Waals surface area contributed by atoms with Gasteiger partial charge in [0.25, 0.3) is 5.91 Å². The maximum atomic E-state index is 12.2. The van der Waals surface area contributed by atoms with Gasteiger partial charge in [0.1, 0.15) is 0 Å². The normalized spacial score (nSPS) is 11.9. The van der Waals surface area contributed by atoms with Crippen LogP contribution in [0.1, 0.15) is 28.9 Å². The van der Waals surface area contributed by atoms with Crippen LogP contribution >= 0.6 is 38.5 Å². The van der Waals surface area contributed by atoms with E-state index in [1.54, 1.807) is 0 Å². The maximum absolute atomic E-state index is 12.2. The van der Waals surface area contributed by atoms with Crippen molar-refractivity contribution >= 4 is 44.4 Å². The molecule has 1 amide bonds. The van der Waals surface area contributed by atoms with Crippen LogP contribution in [0.5, 0.6) is 0 Å². The summed E-state index contributed by atoms with van der Waals surface area (Å²) in [6, 6.07) is 15.4. The van der Waals surface area contributed by atoms with Crippen molar-refractivity contribution in [1.29, 1.82) is 0 Å². The fraction of sp³-hybridized carbons (Fsp3) is 0.133. The van der Waals surface area contributed by atoms with Crippen molar-refractivity contribution in [2.45, 2.75) is 13.0 Å². The van der Waals surface area contributed by atoms with Crippen molar-refractivity contribution in [3.05, 3.63) is 67.7 Å². The van der Waals surface area contributed by atoms with E-state index in [9.17, 15) is 4.79 Å². The third-order valence-electron chi connectivity index (χ3n) is 2.84. The molecule has 4 heteroatoms. The first-order chi connectivity index (χ1) is 9.09. The van der Waals surface area contributed by atoms with Crippen LogP contribution in [-0.4, -0.2) is 5.91 Å². The van der Waals surface area contributed by atoms with Gasteiger partial charge in [-0.3, -0.25) is 4.79 Å². The minimum atomic E-state index is -0.0479. The second-order valence-electron chi connectivity index (χ2n) is 4.20. The quantitative estimate of drug-likeness (QED) is 0.712. The van der Waals surface area contributed by atoms with Gasteiger partial charge in [-0.25, -0.2) is 0 Å². The Kier molecular flexibility index (Phi) is 4.99. The average molecular weight is 430 g/mol. The molecule has 0 heterocycles. The van der Waals surface area contributed by atoms with Gasteiger partial charge in [0.2, 0.25) is 0 Å². The zero-order valence-electron chi connectivity index (χ0n) is 10.4. The summed E-state index contributed by atoms with van der Waals surface area (Å²) in [5, 5.41) is 3.02. The summed E-state index contributed by atoms with van der Waals surface area (Å²) in [5.74, 6) is -0.0479. The average Bonchev–Trinajstić information content (AvgIpc) is 2.39. The van der Waals surface area contributed by atoms with Gasteiger partial charge in [-0.15, -0.1) is 0 Å². The third-order valence-corrected chi connectivity index (χ3v) is 4.50. The molecule has 1 atom stereocenters. The van der Waals surface area contributed by atoms with Gasteiger partial charge in [-0.2, -0.15) is 0 Å². The standard InChI is InChI=1S/C15H13BrINO/c1-10(11-6-2-4-8-13(11)16)18-15(19)12-7-3-5-9-14(12)17/h2-10H,1H3,(H,18,19)/t10-/m1/s1. The van der Waals surface area contributed by atoms with Crippen LogP contribution < -0.4 is 5.32 Å². The molecule has 98 valence electrons. The molecular formula is C15H13BrINO. The summed E-state index contributed by atoms with van der Waals surface area (Å²) >= 11 is 5.68. The summed E-state index contributed by atoms with van der Waals surface area (Å²) in [6.45, 7) is 1.98. The molecule has 0 aliphatic rings. The molecule has 0 aromatic heterocycles. The molecule has 0 fully saturated rings. The number of halogens is 2. The van der Waals surface area contributed by atoms with Crippen molar-refractivity contribution < 1.29 is 4.79 Å². The number of nitrogens with one attached hydrogen (secondary N) is 1. The van der Waals surface area contributed by atoms with Gasteiger partial charge >= 0.3 is 0 Å². The Balaban J connectivity index is 2.16. The van der Waals surface area contributed by atoms with Gasteiger partial charge < -0.3 is 5.32 Å². The number of amides is 1. The summed E-state index contributed by atoms with van der Waals surface area (Å²) in [6.07, 6.45) is 0. The number of carbonyl (C=O) groups excluding carboxylic acids is 1. The first kappa shape index (κ1) is 14.5. The second-order valence-corrected chi connectivity index (χ2v) is 6.21. The predicted molar refractivity (Wildman–Crippen MR) is 89.2 cm³/mol. The number of hydrogen-bond donors (Lipinski definition) is 1. The summed E-state index contributed by atoms with van der Waals surface area (Å²) in [7, 11) is 0. The highest BCUT2D eigenvalue weighted by Gasteiger charge is 2.14. The highest BCUT2D eigenvalue weighted by Crippen LogP contribution is 2.23. The van der Waals surface area contributed by atoms with Crippen LogP contribution in [0.3, 0.4) is 0 Å². The number of rotatable bonds is 3. The summed E-state index contributed by atoms with van der Waals surface area (Å²) < 4.78 is 1.96. The molecule has 19 heavy (non-hydrogen) atoms. The molecule has 2 rings (SSSR count). The van der Waals surface area contributed by atoms with E-state index in [0.717, 1.165) is 13.6 Å². The van der Waals surface area contributed by atoms with Crippen molar-refractivity contribution in [2.75, 3.05) is 0 Å². The Morgan fingerprint density at radius 1 is 1.16 bits per heavy atom. The summed E-state index contributed by atoms with van der Waals surface area (Å²) in [4.78, 5) is 12.2. The number of benzene rings is 2. The van der Waals surface area contributed by atoms with Gasteiger partial charge in [0, 0.05) is 8.04 Å². The molecule has 0 spiro atoms. The number of hydrogen-bond acceptors (Lipinski definition) is 1. The van der Waals surface area contributed by atoms with Crippen LogP contribution in [0.2, 0.25) is 0 Å². The Morgan fingerprint density at radius 3 is 2.47 bits per heavy atom. The zero-order chi connectivity index (χ0) is 13.8. The zero-order valence-corrected chi connectivity index (χ0v) is 14.1. The van der Waals surface area contributed by atoms with Crippen LogP contribution in [0.15, 0.2) is 53.0 Å². The molecular weight excluding hydrogens is 417 g/mol. The lowest BCUT2D eigenvalue weighted by Crippen LogP contribution is -2.27. The lowest BCUT2D eigenvalue weighted by molar-refractivity contribution is 0.0939. The minimum Gasteiger partial charge on any atom is -0.345 e. The molecule has 0 radical (unpaired) electrons. The Hall–Kier alpha value is -0.880. The highest BCUT2D eigenvalue weighted by molar-refractivity contribution is 14.1. The molecule has 2 nitrogen and oxygen atoms in total. The molecule has 0 saturated heterocycles. The SMILES string of the molecule is C[C@@H](NC(=O)c1ccccc1I)c1ccccc1Br. The van der Waals surface area contributed by atoms with Crippen molar-refractivity contribution in [1.82, 2.24) is 5.32 Å². The summed E-state index contributed by atoms with van der Waals surface area (Å²) in [5.41, 5.74) is 1.78. The lowest BCUT2D eigenvalue weighted by atomic mass is 10.1. The lowest BCUT2D eigenvalue weighted by Gasteiger charge is -2.16. The maximum Gasteiger partial charge on any atom is 0.252 e. The Morgan fingerprint density at radius 2 is 1.79 bits per heavy atom. The van der Waals surface area contributed by atoms with Gasteiger partial charge in [-0.05, 0) is 53.3 Å². The highest BCUT2D eigenvalue weighted by atomic mass is 127. The van der Waals surface area contributed by atoms with Crippen LogP contribution in [0.25, 0.3) is 0 Å². The molecule has 0 aliphatic heterocycles. The second kappa shape index (κ2) is 6.52. The van der Waals surface area contributed by atoms with Gasteiger partial charge in [0.15, 0.2) is 0 Å². The first-order valence-electron chi connectivity index (χ1n) is 5.89. The minimum absolute atomic E-state index is 0.0425. The van der Waals surface area contributed by atoms with E-state index in [1.807, 2.05) is 55.5 Å². The van der Waals surface area contributed by atoms with Crippen LogP contribution in [0.4, 0.5) is 0 Å². The van der Waals surface area contributed by atoms with Gasteiger partial charge in [0.05, 0.1) is 11.6 Å². The van der Waals surface area contributed by atoms with E-state index in [1.165, 1.54) is 0 Å². The Labute approximate surface area is 134 Å². The topological polar surface area (TPSA) is 29.1 Å². The van der Waals surface area contributed by atoms with Gasteiger partial charge in [-0.1, -0.05) is 46.3 Å². The molecule has 0 aliphatic carbocycles. The van der Waals surface area contributed by atoms with E-state index in [4.69, 9.17) is 0 Å². The third kappa shape index (κ3) is 3.57. The van der Waals surface area contributed by atoms with E-state index >= 15 is 0 Å². The van der Waals surface area contributed by atoms with Crippen LogP contribution in [-0.2, 0) is 0 Å². The molecule has 0 bridgehead atoms. The fourth-order valence-corrected chi connectivity index (χ4v) is 3.08. The van der Waals surface area contributed by atoms with E-state index in [2.05, 4.69) is 43.8 Å². The van der Waals surface area contributed by atoms with Crippen molar-refractivity contribution in [3.8, 4) is 0 Å². The smallest absolute Gasteiger partial charge is 0.252 e. The van der Waals surface area contributed by atoms with E-state index < -0.39 is 0 Å². The van der Waals surface area contributed by atoms with Crippen LogP contribution in [0, 0.1) is 3.57 Å². The molecule has 1 N–H and O–H groups in total. The largest absolute Gasteiger partial charge is 0.345 e. The molecule has 0 unspecified atom stereocenters. The van der Waals surface area contributed by atoms with E-state index in [-0.39, 0.29) is 11.9 Å². The monoisotopic (exact) mass is 429 g/mol. The molecule has 2 aromatic carbocycles. The van der Waals surface area contributed by atoms with E-state index in [0.29, 0.717) is 5.56 Å². The molecule has 0 saturated carbocycles. The number of carbonyl (C=O) groups is 1. The van der Waals surface area contributed by atoms with Crippen molar-refractivity contribution in [2.24, 2.45) is 0 Å². The Bertz CT molecular complexity index is 600. The predicted octanol–water partition coefficient (Wildman–Crippen LogP) is 4.54. The first-order valence-corrected chi connectivity index (χ1v) is 7.76. The fourth-order valence-electron chi connectivity index (χ4n) is 1.82. The molecule has 2 aromatic rings.